The van der Waals surface area contributed by atoms with Gasteiger partial charge in [-0.15, -0.1) is 0 Å². The maximum absolute atomic E-state index is 11.2. The van der Waals surface area contributed by atoms with Gasteiger partial charge in [-0.2, -0.15) is 0 Å². The zero-order valence-corrected chi connectivity index (χ0v) is 11.5. The van der Waals surface area contributed by atoms with Gasteiger partial charge in [-0.25, -0.2) is 9.59 Å². The van der Waals surface area contributed by atoms with Crippen LogP contribution >= 0.6 is 0 Å². The lowest BCUT2D eigenvalue weighted by Gasteiger charge is -2.19. The van der Waals surface area contributed by atoms with Gasteiger partial charge in [0.15, 0.2) is 0 Å². The summed E-state index contributed by atoms with van der Waals surface area (Å²) < 4.78 is 14.9. The summed E-state index contributed by atoms with van der Waals surface area (Å²) in [7, 11) is 0. The SMILES string of the molecule is CC(C)(C)OCC(=O)OC(=O)COC(C)(C)C. The van der Waals surface area contributed by atoms with Crippen LogP contribution < -0.4 is 0 Å². The Bertz CT molecular complexity index is 242. The van der Waals surface area contributed by atoms with Gasteiger partial charge in [0.2, 0.25) is 0 Å². The molecule has 0 aliphatic heterocycles. The number of hydrogen-bond donors (Lipinski definition) is 0. The summed E-state index contributed by atoms with van der Waals surface area (Å²) in [4.78, 5) is 22.4. The highest BCUT2D eigenvalue weighted by atomic mass is 16.6. The number of hydrogen-bond acceptors (Lipinski definition) is 5. The van der Waals surface area contributed by atoms with Crippen molar-refractivity contribution in [3.8, 4) is 0 Å². The van der Waals surface area contributed by atoms with E-state index in [1.165, 1.54) is 0 Å². The van der Waals surface area contributed by atoms with Gasteiger partial charge in [-0.1, -0.05) is 0 Å². The summed E-state index contributed by atoms with van der Waals surface area (Å²) in [6, 6.07) is 0. The van der Waals surface area contributed by atoms with E-state index in [1.807, 2.05) is 41.5 Å². The van der Waals surface area contributed by atoms with Crippen molar-refractivity contribution in [1.82, 2.24) is 0 Å². The van der Waals surface area contributed by atoms with E-state index in [4.69, 9.17) is 9.47 Å². The Balaban J connectivity index is 3.86. The van der Waals surface area contributed by atoms with E-state index in [2.05, 4.69) is 4.74 Å². The second-order valence-electron chi connectivity index (χ2n) is 5.65. The summed E-state index contributed by atoms with van der Waals surface area (Å²) in [5.41, 5.74) is -0.881. The zero-order chi connectivity index (χ0) is 13.7. The molecule has 100 valence electrons. The number of rotatable bonds is 4. The quantitative estimate of drug-likeness (QED) is 0.558. The molecule has 0 unspecified atom stereocenters. The van der Waals surface area contributed by atoms with Gasteiger partial charge < -0.3 is 14.2 Å². The molecule has 17 heavy (non-hydrogen) atoms. The van der Waals surface area contributed by atoms with Crippen molar-refractivity contribution < 1.29 is 23.8 Å². The third-order valence-corrected chi connectivity index (χ3v) is 1.47. The van der Waals surface area contributed by atoms with Crippen molar-refractivity contribution in [2.24, 2.45) is 0 Å². The Morgan fingerprint density at radius 1 is 0.765 bits per heavy atom. The summed E-state index contributed by atoms with van der Waals surface area (Å²) in [6.45, 7) is 10.4. The van der Waals surface area contributed by atoms with E-state index < -0.39 is 23.1 Å². The van der Waals surface area contributed by atoms with Gasteiger partial charge in [0.05, 0.1) is 11.2 Å². The fourth-order valence-electron chi connectivity index (χ4n) is 0.737. The highest BCUT2D eigenvalue weighted by molar-refractivity contribution is 5.86. The van der Waals surface area contributed by atoms with Gasteiger partial charge in [0, 0.05) is 0 Å². The molecule has 0 N–H and O–H groups in total. The molecule has 0 amide bonds. The fraction of sp³-hybridized carbons (Fsp3) is 0.833. The highest BCUT2D eigenvalue weighted by Gasteiger charge is 2.18. The van der Waals surface area contributed by atoms with Crippen LogP contribution in [-0.4, -0.2) is 36.4 Å². The fourth-order valence-corrected chi connectivity index (χ4v) is 0.737. The van der Waals surface area contributed by atoms with Crippen molar-refractivity contribution in [2.75, 3.05) is 13.2 Å². The largest absolute Gasteiger partial charge is 0.390 e. The first kappa shape index (κ1) is 16.1. The summed E-state index contributed by atoms with van der Waals surface area (Å²) in [6.07, 6.45) is 0. The average Bonchev–Trinajstić information content (AvgIpc) is 2.09. The normalized spacial score (nSPS) is 12.4. The van der Waals surface area contributed by atoms with Crippen LogP contribution in [0.3, 0.4) is 0 Å². The molecule has 5 heteroatoms. The molecule has 0 aliphatic rings. The topological polar surface area (TPSA) is 61.8 Å². The Morgan fingerprint density at radius 3 is 1.29 bits per heavy atom. The maximum atomic E-state index is 11.2. The molecule has 0 aromatic rings. The molecule has 0 fully saturated rings. The smallest absolute Gasteiger partial charge is 0.339 e. The number of ether oxygens (including phenoxy) is 3. The maximum Gasteiger partial charge on any atom is 0.339 e. The molecular formula is C12H22O5. The van der Waals surface area contributed by atoms with Crippen molar-refractivity contribution >= 4 is 11.9 Å². The molecule has 0 atom stereocenters. The van der Waals surface area contributed by atoms with Crippen LogP contribution in [0, 0.1) is 0 Å². The summed E-state index contributed by atoms with van der Waals surface area (Å²) >= 11 is 0. The van der Waals surface area contributed by atoms with E-state index in [-0.39, 0.29) is 13.2 Å². The molecule has 0 heterocycles. The van der Waals surface area contributed by atoms with E-state index in [1.54, 1.807) is 0 Å². The van der Waals surface area contributed by atoms with E-state index >= 15 is 0 Å². The minimum atomic E-state index is -0.706. The second kappa shape index (κ2) is 6.12. The Kier molecular flexibility index (Phi) is 5.78. The Labute approximate surface area is 102 Å². The highest BCUT2D eigenvalue weighted by Crippen LogP contribution is 2.07. The van der Waals surface area contributed by atoms with Gasteiger partial charge in [-0.05, 0) is 41.5 Å². The average molecular weight is 246 g/mol. The molecule has 0 saturated carbocycles. The Hall–Kier alpha value is -0.940. The minimum Gasteiger partial charge on any atom is -0.390 e. The van der Waals surface area contributed by atoms with E-state index in [0.29, 0.717) is 0 Å². The molecule has 0 saturated heterocycles. The molecule has 0 bridgehead atoms. The van der Waals surface area contributed by atoms with Crippen molar-refractivity contribution in [3.63, 3.8) is 0 Å². The number of carbonyl (C=O) groups is 2. The van der Waals surface area contributed by atoms with E-state index in [9.17, 15) is 9.59 Å². The third-order valence-electron chi connectivity index (χ3n) is 1.47. The standard InChI is InChI=1S/C12H22O5/c1-11(2,3)15-7-9(13)17-10(14)8-16-12(4,5)6/h7-8H2,1-6H3. The lowest BCUT2D eigenvalue weighted by atomic mass is 10.2. The predicted molar refractivity (Wildman–Crippen MR) is 62.5 cm³/mol. The first-order valence-corrected chi connectivity index (χ1v) is 5.51. The van der Waals surface area contributed by atoms with Crippen molar-refractivity contribution in [3.05, 3.63) is 0 Å². The van der Waals surface area contributed by atoms with Gasteiger partial charge in [0.1, 0.15) is 13.2 Å². The van der Waals surface area contributed by atoms with Crippen LogP contribution in [0.5, 0.6) is 0 Å². The summed E-state index contributed by atoms with van der Waals surface area (Å²) in [5, 5.41) is 0. The first-order valence-electron chi connectivity index (χ1n) is 5.51. The predicted octanol–water partition coefficient (Wildman–Crippen LogP) is 1.69. The van der Waals surface area contributed by atoms with Crippen LogP contribution in [0.25, 0.3) is 0 Å². The van der Waals surface area contributed by atoms with Crippen LogP contribution in [-0.2, 0) is 23.8 Å². The van der Waals surface area contributed by atoms with Crippen LogP contribution in [0.4, 0.5) is 0 Å². The van der Waals surface area contributed by atoms with Crippen LogP contribution in [0.1, 0.15) is 41.5 Å². The molecule has 0 rings (SSSR count). The lowest BCUT2D eigenvalue weighted by molar-refractivity contribution is -0.171. The minimum absolute atomic E-state index is 0.245. The van der Waals surface area contributed by atoms with E-state index in [0.717, 1.165) is 0 Å². The van der Waals surface area contributed by atoms with Gasteiger partial charge >= 0.3 is 11.9 Å². The molecule has 5 nitrogen and oxygen atoms in total. The molecular weight excluding hydrogens is 224 g/mol. The van der Waals surface area contributed by atoms with Gasteiger partial charge in [-0.3, -0.25) is 0 Å². The molecule has 0 aromatic carbocycles. The Morgan fingerprint density at radius 2 is 1.06 bits per heavy atom. The number of esters is 2. The van der Waals surface area contributed by atoms with Gasteiger partial charge in [0.25, 0.3) is 0 Å². The second-order valence-corrected chi connectivity index (χ2v) is 5.65. The lowest BCUT2D eigenvalue weighted by Crippen LogP contribution is -2.29. The molecule has 0 aliphatic carbocycles. The summed E-state index contributed by atoms with van der Waals surface area (Å²) in [5.74, 6) is -1.41. The molecule has 0 aromatic heterocycles. The monoisotopic (exact) mass is 246 g/mol. The van der Waals surface area contributed by atoms with Crippen molar-refractivity contribution in [2.45, 2.75) is 52.7 Å². The zero-order valence-electron chi connectivity index (χ0n) is 11.5. The third kappa shape index (κ3) is 11.3. The van der Waals surface area contributed by atoms with Crippen LogP contribution in [0.2, 0.25) is 0 Å². The number of carbonyl (C=O) groups excluding carboxylic acids is 2. The van der Waals surface area contributed by atoms with Crippen LogP contribution in [0.15, 0.2) is 0 Å². The molecule has 0 spiro atoms. The van der Waals surface area contributed by atoms with Crippen molar-refractivity contribution in [1.29, 1.82) is 0 Å². The molecule has 0 radical (unpaired) electrons. The first-order chi connectivity index (χ1) is 7.49.